The quantitative estimate of drug-likeness (QED) is 0.570. The highest BCUT2D eigenvalue weighted by Gasteiger charge is 2.43. The van der Waals surface area contributed by atoms with Crippen molar-refractivity contribution in [3.8, 4) is 0 Å². The van der Waals surface area contributed by atoms with E-state index in [0.717, 1.165) is 5.56 Å². The van der Waals surface area contributed by atoms with E-state index in [2.05, 4.69) is 0 Å². The molecule has 0 N–H and O–H groups in total. The first-order chi connectivity index (χ1) is 12.8. The Kier molecular flexibility index (Phi) is 5.29. The molecular weight excluding hydrogens is 356 g/mol. The third-order valence-electron chi connectivity index (χ3n) is 4.90. The lowest BCUT2D eigenvalue weighted by Gasteiger charge is -2.29. The van der Waals surface area contributed by atoms with Gasteiger partial charge in [0, 0.05) is 12.0 Å². The number of sulfone groups is 1. The Hall–Kier alpha value is -2.72. The van der Waals surface area contributed by atoms with Crippen molar-refractivity contribution in [3.05, 3.63) is 102 Å². The summed E-state index contributed by atoms with van der Waals surface area (Å²) in [5.74, 6) is -0.197. The van der Waals surface area contributed by atoms with Crippen molar-refractivity contribution in [2.75, 3.05) is 0 Å². The van der Waals surface area contributed by atoms with Gasteiger partial charge in [-0.15, -0.1) is 0 Å². The van der Waals surface area contributed by atoms with Gasteiger partial charge in [-0.05, 0) is 31.5 Å². The molecule has 1 atom stereocenters. The van der Waals surface area contributed by atoms with Crippen molar-refractivity contribution in [1.82, 2.24) is 0 Å². The number of carbonyl (C=O) groups is 1. The Bertz CT molecular complexity index is 1020. The molecule has 0 bridgehead atoms. The zero-order valence-electron chi connectivity index (χ0n) is 15.4. The van der Waals surface area contributed by atoms with Gasteiger partial charge in [-0.1, -0.05) is 78.4 Å². The Morgan fingerprint density at radius 1 is 0.815 bits per heavy atom. The summed E-state index contributed by atoms with van der Waals surface area (Å²) in [4.78, 5) is 13.1. The van der Waals surface area contributed by atoms with Crippen LogP contribution in [0.5, 0.6) is 0 Å². The summed E-state index contributed by atoms with van der Waals surface area (Å²) in [6.07, 6.45) is -0.128. The van der Waals surface area contributed by atoms with Crippen molar-refractivity contribution in [3.63, 3.8) is 0 Å². The number of benzene rings is 3. The van der Waals surface area contributed by atoms with E-state index in [0.29, 0.717) is 11.1 Å². The summed E-state index contributed by atoms with van der Waals surface area (Å²) in [6.45, 7) is 3.55. The molecule has 0 aliphatic carbocycles. The maximum atomic E-state index is 13.6. The van der Waals surface area contributed by atoms with Gasteiger partial charge in [-0.25, -0.2) is 8.42 Å². The van der Waals surface area contributed by atoms with Crippen molar-refractivity contribution in [2.45, 2.75) is 29.9 Å². The monoisotopic (exact) mass is 378 g/mol. The van der Waals surface area contributed by atoms with E-state index in [1.807, 2.05) is 19.1 Å². The average molecular weight is 378 g/mol. The van der Waals surface area contributed by atoms with Gasteiger partial charge in [0.05, 0.1) is 4.90 Å². The fourth-order valence-corrected chi connectivity index (χ4v) is 4.94. The molecule has 4 heteroatoms. The van der Waals surface area contributed by atoms with Crippen molar-refractivity contribution < 1.29 is 13.2 Å². The molecule has 0 fully saturated rings. The first kappa shape index (κ1) is 19.1. The lowest BCUT2D eigenvalue weighted by atomic mass is 9.92. The third kappa shape index (κ3) is 3.71. The largest absolute Gasteiger partial charge is 0.294 e. The van der Waals surface area contributed by atoms with E-state index in [-0.39, 0.29) is 17.1 Å². The van der Waals surface area contributed by atoms with Gasteiger partial charge in [-0.2, -0.15) is 0 Å². The molecule has 0 amide bonds. The van der Waals surface area contributed by atoms with Gasteiger partial charge < -0.3 is 0 Å². The summed E-state index contributed by atoms with van der Waals surface area (Å²) < 4.78 is 25.8. The van der Waals surface area contributed by atoms with Crippen LogP contribution >= 0.6 is 0 Å². The maximum absolute atomic E-state index is 13.6. The molecule has 0 spiro atoms. The SMILES string of the molecule is Cc1ccc(S(=O)(=O)[C@](C)(CC(=O)c2ccccc2)c2ccccc2)cc1. The molecule has 3 rings (SSSR count). The second-order valence-corrected chi connectivity index (χ2v) is 9.26. The molecule has 0 radical (unpaired) electrons. The predicted molar refractivity (Wildman–Crippen MR) is 108 cm³/mol. The molecule has 3 nitrogen and oxygen atoms in total. The van der Waals surface area contributed by atoms with E-state index in [1.54, 1.807) is 79.7 Å². The fraction of sp³-hybridized carbons (Fsp3) is 0.174. The number of carbonyl (C=O) groups excluding carboxylic acids is 1. The topological polar surface area (TPSA) is 51.2 Å². The van der Waals surface area contributed by atoms with Crippen molar-refractivity contribution >= 4 is 15.6 Å². The lowest BCUT2D eigenvalue weighted by Crippen LogP contribution is -2.35. The molecule has 0 aromatic heterocycles. The molecule has 0 aliphatic heterocycles. The zero-order valence-corrected chi connectivity index (χ0v) is 16.2. The number of Topliss-reactive ketones (excluding diaryl/α,β-unsaturated/α-hetero) is 1. The van der Waals surface area contributed by atoms with E-state index < -0.39 is 14.6 Å². The maximum Gasteiger partial charge on any atom is 0.188 e. The van der Waals surface area contributed by atoms with Crippen LogP contribution in [0.2, 0.25) is 0 Å². The Labute approximate surface area is 160 Å². The minimum atomic E-state index is -3.79. The van der Waals surface area contributed by atoms with Crippen LogP contribution in [0.25, 0.3) is 0 Å². The molecule has 0 heterocycles. The van der Waals surface area contributed by atoms with Gasteiger partial charge in [-0.3, -0.25) is 4.79 Å². The summed E-state index contributed by atoms with van der Waals surface area (Å²) in [5.41, 5.74) is 2.10. The highest BCUT2D eigenvalue weighted by Crippen LogP contribution is 2.39. The van der Waals surface area contributed by atoms with Crippen LogP contribution in [0.1, 0.15) is 34.8 Å². The molecule has 3 aromatic rings. The van der Waals surface area contributed by atoms with Gasteiger partial charge in [0.15, 0.2) is 15.6 Å². The van der Waals surface area contributed by atoms with Crippen molar-refractivity contribution in [1.29, 1.82) is 0 Å². The van der Waals surface area contributed by atoms with Crippen molar-refractivity contribution in [2.24, 2.45) is 0 Å². The second kappa shape index (κ2) is 7.49. The average Bonchev–Trinajstić information content (AvgIpc) is 2.69. The summed E-state index contributed by atoms with van der Waals surface area (Å²) in [6, 6.07) is 24.6. The van der Waals surface area contributed by atoms with E-state index in [1.165, 1.54) is 0 Å². The molecule has 0 saturated carbocycles. The zero-order chi connectivity index (χ0) is 19.5. The van der Waals surface area contributed by atoms with Gasteiger partial charge in [0.1, 0.15) is 4.75 Å². The Morgan fingerprint density at radius 3 is 1.89 bits per heavy atom. The molecule has 138 valence electrons. The van der Waals surface area contributed by atoms with Gasteiger partial charge >= 0.3 is 0 Å². The van der Waals surface area contributed by atoms with E-state index >= 15 is 0 Å². The molecular formula is C23H22O3S. The normalized spacial score (nSPS) is 13.7. The van der Waals surface area contributed by atoms with Crippen LogP contribution in [0.3, 0.4) is 0 Å². The van der Waals surface area contributed by atoms with Gasteiger partial charge in [0.2, 0.25) is 0 Å². The number of aryl methyl sites for hydroxylation is 1. The molecule has 3 aromatic carbocycles. The Morgan fingerprint density at radius 2 is 1.33 bits per heavy atom. The molecule has 0 unspecified atom stereocenters. The van der Waals surface area contributed by atoms with E-state index in [4.69, 9.17) is 0 Å². The molecule has 0 saturated heterocycles. The third-order valence-corrected chi connectivity index (χ3v) is 7.36. The highest BCUT2D eigenvalue weighted by atomic mass is 32.2. The Balaban J connectivity index is 2.11. The first-order valence-electron chi connectivity index (χ1n) is 8.80. The standard InChI is InChI=1S/C23H22O3S/c1-18-13-15-21(16-14-18)27(25,26)23(2,20-11-7-4-8-12-20)17-22(24)19-9-5-3-6-10-19/h3-16H,17H2,1-2H3/t23-/m1/s1. The van der Waals surface area contributed by atoms with Crippen LogP contribution in [-0.4, -0.2) is 14.2 Å². The summed E-state index contributed by atoms with van der Waals surface area (Å²) in [7, 11) is -3.79. The number of rotatable bonds is 6. The molecule has 0 aliphatic rings. The summed E-state index contributed by atoms with van der Waals surface area (Å²) in [5, 5.41) is 0. The first-order valence-corrected chi connectivity index (χ1v) is 10.3. The molecule has 27 heavy (non-hydrogen) atoms. The highest BCUT2D eigenvalue weighted by molar-refractivity contribution is 7.92. The van der Waals surface area contributed by atoms with E-state index in [9.17, 15) is 13.2 Å². The van der Waals surface area contributed by atoms with Crippen LogP contribution < -0.4 is 0 Å². The predicted octanol–water partition coefficient (Wildman–Crippen LogP) is 4.96. The fourth-order valence-electron chi connectivity index (χ4n) is 3.15. The smallest absolute Gasteiger partial charge is 0.188 e. The number of ketones is 1. The lowest BCUT2D eigenvalue weighted by molar-refractivity contribution is 0.0968. The van der Waals surface area contributed by atoms with Crippen LogP contribution in [0.15, 0.2) is 89.8 Å². The second-order valence-electron chi connectivity index (χ2n) is 6.88. The minimum absolute atomic E-state index is 0.128. The minimum Gasteiger partial charge on any atom is -0.294 e. The van der Waals surface area contributed by atoms with Crippen LogP contribution in [0, 0.1) is 6.92 Å². The number of hydrogen-bond donors (Lipinski definition) is 0. The summed E-state index contributed by atoms with van der Waals surface area (Å²) >= 11 is 0. The van der Waals surface area contributed by atoms with Crippen LogP contribution in [-0.2, 0) is 14.6 Å². The number of hydrogen-bond acceptors (Lipinski definition) is 3. The van der Waals surface area contributed by atoms with Crippen LogP contribution in [0.4, 0.5) is 0 Å². The van der Waals surface area contributed by atoms with Gasteiger partial charge in [0.25, 0.3) is 0 Å².